The Balaban J connectivity index is 1.28. The van der Waals surface area contributed by atoms with Crippen molar-refractivity contribution < 1.29 is 36.4 Å². The third-order valence-electron chi connectivity index (χ3n) is 7.33. The second-order valence-corrected chi connectivity index (χ2v) is 12.1. The summed E-state index contributed by atoms with van der Waals surface area (Å²) in [4.78, 5) is 32.5. The molecule has 12 heteroatoms. The van der Waals surface area contributed by atoms with Gasteiger partial charge in [0.05, 0.1) is 26.5 Å². The van der Waals surface area contributed by atoms with Crippen LogP contribution in [0.25, 0.3) is 11.1 Å². The molecule has 1 saturated heterocycles. The van der Waals surface area contributed by atoms with Crippen molar-refractivity contribution in [2.24, 2.45) is 11.8 Å². The van der Waals surface area contributed by atoms with Crippen LogP contribution in [0.5, 0.6) is 0 Å². The Morgan fingerprint density at radius 2 is 1.85 bits per heavy atom. The standard InChI is InChI=1S/C28H35F2N3O6S/c1-38-28(35)26-22(7-6-8-24(26)29)19-9-10-20(25(30)16-19)17-31-27(34)23-15-21(23)18-39-33(40(2,36)37)14-13-32-11-4-3-5-12-32/h6-10,16,21,23H,3-5,11-15,17-18H2,1-2H3,(H,31,34). The first-order valence-electron chi connectivity index (χ1n) is 13.3. The van der Waals surface area contributed by atoms with Crippen LogP contribution in [0.1, 0.15) is 41.6 Å². The van der Waals surface area contributed by atoms with Crippen LogP contribution in [-0.4, -0.2) is 75.8 Å². The van der Waals surface area contributed by atoms with Crippen molar-refractivity contribution in [3.63, 3.8) is 0 Å². The Hall–Kier alpha value is -2.93. The molecule has 1 N–H and O–H groups in total. The first kappa shape index (κ1) is 30.0. The van der Waals surface area contributed by atoms with Crippen LogP contribution in [0.2, 0.25) is 0 Å². The van der Waals surface area contributed by atoms with Crippen molar-refractivity contribution >= 4 is 21.9 Å². The number of piperidine rings is 1. The molecule has 2 aliphatic rings. The minimum atomic E-state index is -3.56. The predicted octanol–water partition coefficient (Wildman–Crippen LogP) is 3.35. The van der Waals surface area contributed by atoms with Gasteiger partial charge in [-0.1, -0.05) is 35.2 Å². The van der Waals surface area contributed by atoms with Gasteiger partial charge in [-0.15, -0.1) is 0 Å². The second kappa shape index (κ2) is 13.2. The van der Waals surface area contributed by atoms with Crippen molar-refractivity contribution in [1.29, 1.82) is 0 Å². The first-order chi connectivity index (χ1) is 19.1. The number of benzene rings is 2. The number of amides is 1. The average Bonchev–Trinajstić information content (AvgIpc) is 3.71. The lowest BCUT2D eigenvalue weighted by Crippen LogP contribution is -2.40. The smallest absolute Gasteiger partial charge is 0.341 e. The maximum absolute atomic E-state index is 14.9. The normalized spacial score (nSPS) is 19.4. The minimum absolute atomic E-state index is 0.0622. The Bertz CT molecular complexity index is 1330. The molecule has 0 aromatic heterocycles. The highest BCUT2D eigenvalue weighted by atomic mass is 32.2. The van der Waals surface area contributed by atoms with Gasteiger partial charge in [0, 0.05) is 24.6 Å². The molecule has 2 fully saturated rings. The number of nitrogens with zero attached hydrogens (tertiary/aromatic N) is 2. The van der Waals surface area contributed by atoms with E-state index in [9.17, 15) is 26.8 Å². The Morgan fingerprint density at radius 1 is 1.10 bits per heavy atom. The molecule has 1 saturated carbocycles. The van der Waals surface area contributed by atoms with Crippen molar-refractivity contribution in [3.05, 3.63) is 59.2 Å². The van der Waals surface area contributed by atoms with Gasteiger partial charge < -0.3 is 15.0 Å². The second-order valence-electron chi connectivity index (χ2n) is 10.3. The van der Waals surface area contributed by atoms with Crippen LogP contribution < -0.4 is 5.32 Å². The van der Waals surface area contributed by atoms with Crippen LogP contribution in [0.4, 0.5) is 8.78 Å². The fourth-order valence-electron chi connectivity index (χ4n) is 4.91. The van der Waals surface area contributed by atoms with E-state index in [1.54, 1.807) is 6.07 Å². The molecule has 1 aliphatic carbocycles. The van der Waals surface area contributed by atoms with Crippen molar-refractivity contribution in [1.82, 2.24) is 14.7 Å². The van der Waals surface area contributed by atoms with E-state index in [1.807, 2.05) is 0 Å². The molecule has 2 atom stereocenters. The summed E-state index contributed by atoms with van der Waals surface area (Å²) in [6.07, 6.45) is 5.06. The van der Waals surface area contributed by atoms with Crippen LogP contribution in [-0.2, 0) is 30.9 Å². The topological polar surface area (TPSA) is 105 Å². The lowest BCUT2D eigenvalue weighted by Gasteiger charge is -2.28. The number of likely N-dealkylation sites (tertiary alicyclic amines) is 1. The van der Waals surface area contributed by atoms with E-state index in [0.29, 0.717) is 18.5 Å². The van der Waals surface area contributed by atoms with Gasteiger partial charge in [0.25, 0.3) is 0 Å². The number of hydrogen-bond acceptors (Lipinski definition) is 7. The molecule has 1 amide bonds. The van der Waals surface area contributed by atoms with E-state index >= 15 is 0 Å². The van der Waals surface area contributed by atoms with Crippen LogP contribution in [0, 0.1) is 23.5 Å². The lowest BCUT2D eigenvalue weighted by molar-refractivity contribution is -0.124. The van der Waals surface area contributed by atoms with E-state index < -0.39 is 27.6 Å². The van der Waals surface area contributed by atoms with Gasteiger partial charge >= 0.3 is 5.97 Å². The van der Waals surface area contributed by atoms with Gasteiger partial charge in [-0.3, -0.25) is 9.63 Å². The number of esters is 1. The molecule has 218 valence electrons. The molecule has 2 unspecified atom stereocenters. The summed E-state index contributed by atoms with van der Waals surface area (Å²) in [6, 6.07) is 8.24. The molecule has 1 heterocycles. The van der Waals surface area contributed by atoms with Crippen molar-refractivity contribution in [2.75, 3.05) is 46.2 Å². The highest BCUT2D eigenvalue weighted by Gasteiger charge is 2.43. The molecule has 2 aromatic rings. The molecular weight excluding hydrogens is 544 g/mol. The number of nitrogens with one attached hydrogen (secondary N) is 1. The van der Waals surface area contributed by atoms with Crippen LogP contribution >= 0.6 is 0 Å². The Labute approximate surface area is 233 Å². The quantitative estimate of drug-likeness (QED) is 0.304. The maximum atomic E-state index is 14.9. The number of carbonyl (C=O) groups is 2. The van der Waals surface area contributed by atoms with Crippen LogP contribution in [0.15, 0.2) is 36.4 Å². The molecule has 2 aromatic carbocycles. The summed E-state index contributed by atoms with van der Waals surface area (Å²) in [7, 11) is -2.42. The Morgan fingerprint density at radius 3 is 2.52 bits per heavy atom. The van der Waals surface area contributed by atoms with Gasteiger partial charge in [-0.2, -0.15) is 0 Å². The summed E-state index contributed by atoms with van der Waals surface area (Å²) in [6.45, 7) is 2.76. The van der Waals surface area contributed by atoms with E-state index in [4.69, 9.17) is 4.84 Å². The Kier molecular flexibility index (Phi) is 9.88. The monoisotopic (exact) mass is 579 g/mol. The van der Waals surface area contributed by atoms with E-state index in [1.165, 1.54) is 30.7 Å². The summed E-state index contributed by atoms with van der Waals surface area (Å²) in [5.74, 6) is -3.00. The fourth-order valence-corrected chi connectivity index (χ4v) is 5.58. The number of rotatable bonds is 12. The highest BCUT2D eigenvalue weighted by molar-refractivity contribution is 7.88. The molecule has 0 bridgehead atoms. The highest BCUT2D eigenvalue weighted by Crippen LogP contribution is 2.39. The number of ether oxygens (including phenoxy) is 1. The van der Waals surface area contributed by atoms with Crippen molar-refractivity contribution in [3.8, 4) is 11.1 Å². The third-order valence-corrected chi connectivity index (χ3v) is 8.36. The fraction of sp³-hybridized carbons (Fsp3) is 0.500. The molecule has 0 spiro atoms. The zero-order valence-corrected chi connectivity index (χ0v) is 23.5. The van der Waals surface area contributed by atoms with Gasteiger partial charge in [-0.05, 0) is 61.5 Å². The van der Waals surface area contributed by atoms with Crippen LogP contribution in [0.3, 0.4) is 0 Å². The summed E-state index contributed by atoms with van der Waals surface area (Å²) >= 11 is 0. The largest absolute Gasteiger partial charge is 0.465 e. The third kappa shape index (κ3) is 7.62. The zero-order valence-electron chi connectivity index (χ0n) is 22.7. The van der Waals surface area contributed by atoms with Gasteiger partial charge in [0.2, 0.25) is 15.9 Å². The lowest BCUT2D eigenvalue weighted by atomic mass is 9.98. The summed E-state index contributed by atoms with van der Waals surface area (Å²) < 4.78 is 59.1. The van der Waals surface area contributed by atoms with Gasteiger partial charge in [-0.25, -0.2) is 22.0 Å². The minimum Gasteiger partial charge on any atom is -0.465 e. The van der Waals surface area contributed by atoms with Gasteiger partial charge in [0.1, 0.15) is 17.2 Å². The zero-order chi connectivity index (χ0) is 28.9. The summed E-state index contributed by atoms with van der Waals surface area (Å²) in [5.41, 5.74) is 0.430. The molecular formula is C28H35F2N3O6S. The number of hydrogen-bond donors (Lipinski definition) is 1. The molecule has 0 radical (unpaired) electrons. The number of carbonyl (C=O) groups excluding carboxylic acids is 2. The molecule has 4 rings (SSSR count). The molecule has 9 nitrogen and oxygen atoms in total. The maximum Gasteiger partial charge on any atom is 0.341 e. The molecule has 1 aliphatic heterocycles. The van der Waals surface area contributed by atoms with E-state index in [2.05, 4.69) is 15.0 Å². The number of sulfonamides is 1. The van der Waals surface area contributed by atoms with E-state index in [-0.39, 0.29) is 54.1 Å². The number of hydroxylamine groups is 1. The predicted molar refractivity (Wildman–Crippen MR) is 144 cm³/mol. The number of methoxy groups -OCH3 is 1. The van der Waals surface area contributed by atoms with E-state index in [0.717, 1.165) is 49.8 Å². The van der Waals surface area contributed by atoms with Crippen molar-refractivity contribution in [2.45, 2.75) is 32.2 Å². The SMILES string of the molecule is COC(=O)c1c(F)cccc1-c1ccc(CNC(=O)C2CC2CON(CCN2CCCCC2)S(C)(=O)=O)c(F)c1. The summed E-state index contributed by atoms with van der Waals surface area (Å²) in [5, 5.41) is 2.72. The molecule has 40 heavy (non-hydrogen) atoms. The average molecular weight is 580 g/mol. The first-order valence-corrected chi connectivity index (χ1v) is 15.2. The van der Waals surface area contributed by atoms with Gasteiger partial charge in [0.15, 0.2) is 0 Å². The number of halogens is 2.